The number of rotatable bonds is 4. The molecule has 0 bridgehead atoms. The topological polar surface area (TPSA) is 122 Å². The molecule has 156 valence electrons. The van der Waals surface area contributed by atoms with E-state index in [-0.39, 0.29) is 29.3 Å². The number of carbonyl (C=O) groups excluding carboxylic acids is 1. The average Bonchev–Trinajstić information content (AvgIpc) is 2.69. The summed E-state index contributed by atoms with van der Waals surface area (Å²) < 4.78 is 25.5. The molecule has 0 unspecified atom stereocenters. The fraction of sp³-hybridized carbons (Fsp3) is 0.429. The molecule has 0 aliphatic carbocycles. The Bertz CT molecular complexity index is 939. The molecular formula is C21H22FN5O3. The van der Waals surface area contributed by atoms with Gasteiger partial charge >= 0.3 is 6.09 Å². The molecule has 1 aliphatic heterocycles. The van der Waals surface area contributed by atoms with E-state index < -0.39 is 17.0 Å². The molecule has 0 spiro atoms. The zero-order valence-corrected chi connectivity index (χ0v) is 17.0. The van der Waals surface area contributed by atoms with Gasteiger partial charge in [-0.25, -0.2) is 9.18 Å². The van der Waals surface area contributed by atoms with Crippen LogP contribution >= 0.6 is 0 Å². The second-order valence-electron chi connectivity index (χ2n) is 7.64. The number of hydrogen-bond donors (Lipinski definition) is 1. The minimum atomic E-state index is -0.651. The third-order valence-corrected chi connectivity index (χ3v) is 4.17. The molecule has 0 aromatic heterocycles. The predicted molar refractivity (Wildman–Crippen MR) is 105 cm³/mol. The molecule has 9 heteroatoms. The van der Waals surface area contributed by atoms with Gasteiger partial charge in [-0.15, -0.1) is 0 Å². The van der Waals surface area contributed by atoms with E-state index in [1.54, 1.807) is 43.9 Å². The monoisotopic (exact) mass is 411 g/mol. The Morgan fingerprint density at radius 2 is 1.80 bits per heavy atom. The Kier molecular flexibility index (Phi) is 7.22. The van der Waals surface area contributed by atoms with Crippen LogP contribution in [-0.2, 0) is 4.74 Å². The maximum Gasteiger partial charge on any atom is 0.410 e. The van der Waals surface area contributed by atoms with Crippen LogP contribution in [0.2, 0.25) is 0 Å². The Balaban J connectivity index is 1.98. The maximum absolute atomic E-state index is 14.4. The molecule has 8 nitrogen and oxygen atoms in total. The number of likely N-dealkylation sites (tertiary alicyclic amines) is 1. The van der Waals surface area contributed by atoms with Crippen LogP contribution < -0.4 is 10.1 Å². The Morgan fingerprint density at radius 1 is 1.17 bits per heavy atom. The normalized spacial score (nSPS) is 14.0. The first-order chi connectivity index (χ1) is 14.2. The van der Waals surface area contributed by atoms with Gasteiger partial charge in [0.1, 0.15) is 35.6 Å². The van der Waals surface area contributed by atoms with Crippen LogP contribution in [0.1, 0.15) is 33.6 Å². The highest BCUT2D eigenvalue weighted by atomic mass is 19.1. The van der Waals surface area contributed by atoms with Gasteiger partial charge in [-0.1, -0.05) is 0 Å². The molecule has 30 heavy (non-hydrogen) atoms. The van der Waals surface area contributed by atoms with Gasteiger partial charge in [0.25, 0.3) is 0 Å². The van der Waals surface area contributed by atoms with Crippen molar-refractivity contribution in [3.05, 3.63) is 35.3 Å². The van der Waals surface area contributed by atoms with Crippen LogP contribution in [-0.4, -0.2) is 35.8 Å². The van der Waals surface area contributed by atoms with Crippen molar-refractivity contribution >= 4 is 11.8 Å². The lowest BCUT2D eigenvalue weighted by atomic mass is 10.1. The largest absolute Gasteiger partial charge is 0.487 e. The molecule has 0 atom stereocenters. The van der Waals surface area contributed by atoms with E-state index in [0.29, 0.717) is 25.9 Å². The lowest BCUT2D eigenvalue weighted by Gasteiger charge is -2.33. The van der Waals surface area contributed by atoms with Crippen LogP contribution in [0.15, 0.2) is 29.5 Å². The van der Waals surface area contributed by atoms with E-state index in [1.807, 2.05) is 0 Å². The molecule has 0 saturated carbocycles. The first-order valence-electron chi connectivity index (χ1n) is 9.32. The smallest absolute Gasteiger partial charge is 0.410 e. The van der Waals surface area contributed by atoms with Crippen LogP contribution in [0, 0.1) is 39.8 Å². The van der Waals surface area contributed by atoms with Crippen molar-refractivity contribution in [1.29, 1.82) is 15.8 Å². The minimum Gasteiger partial charge on any atom is -0.487 e. The third-order valence-electron chi connectivity index (χ3n) is 4.17. The molecule has 1 aromatic rings. The number of nitriles is 3. The summed E-state index contributed by atoms with van der Waals surface area (Å²) >= 11 is 0. The molecule has 0 radical (unpaired) electrons. The van der Waals surface area contributed by atoms with Crippen molar-refractivity contribution < 1.29 is 18.7 Å². The van der Waals surface area contributed by atoms with Crippen LogP contribution in [0.4, 0.5) is 14.9 Å². The Morgan fingerprint density at radius 3 is 2.30 bits per heavy atom. The van der Waals surface area contributed by atoms with Crippen LogP contribution in [0.5, 0.6) is 5.75 Å². The number of hydrogen-bond acceptors (Lipinski definition) is 7. The van der Waals surface area contributed by atoms with E-state index in [9.17, 15) is 9.18 Å². The number of halogens is 1. The summed E-state index contributed by atoms with van der Waals surface area (Å²) in [5.41, 5.74) is -1.01. The highest BCUT2D eigenvalue weighted by molar-refractivity contribution is 5.68. The lowest BCUT2D eigenvalue weighted by Crippen LogP contribution is -2.44. The molecule has 1 fully saturated rings. The van der Waals surface area contributed by atoms with Crippen molar-refractivity contribution in [3.63, 3.8) is 0 Å². The van der Waals surface area contributed by atoms with Gasteiger partial charge in [-0.3, -0.25) is 0 Å². The number of ether oxygens (including phenoxy) is 2. The minimum absolute atomic E-state index is 0.0412. The van der Waals surface area contributed by atoms with Crippen LogP contribution in [0.25, 0.3) is 0 Å². The summed E-state index contributed by atoms with van der Waals surface area (Å²) in [6, 6.07) is 8.93. The van der Waals surface area contributed by atoms with Crippen molar-refractivity contribution in [2.75, 3.05) is 18.4 Å². The SMILES string of the molecule is CC(C)(C)OC(=O)N1CCC(Oc2ccc(NC(C#N)=C(C#N)C#N)cc2F)CC1. The number of amides is 1. The highest BCUT2D eigenvalue weighted by Crippen LogP contribution is 2.26. The van der Waals surface area contributed by atoms with Gasteiger partial charge in [0.2, 0.25) is 0 Å². The fourth-order valence-corrected chi connectivity index (χ4v) is 2.76. The van der Waals surface area contributed by atoms with Crippen molar-refractivity contribution in [3.8, 4) is 24.0 Å². The quantitative estimate of drug-likeness (QED) is 0.747. The predicted octanol–water partition coefficient (Wildman–Crippen LogP) is 3.84. The summed E-state index contributed by atoms with van der Waals surface area (Å²) in [6.07, 6.45) is 0.440. The molecule has 1 amide bonds. The summed E-state index contributed by atoms with van der Waals surface area (Å²) in [4.78, 5) is 13.7. The van der Waals surface area contributed by atoms with Crippen molar-refractivity contribution in [2.24, 2.45) is 0 Å². The van der Waals surface area contributed by atoms with Gasteiger partial charge in [-0.2, -0.15) is 15.8 Å². The van der Waals surface area contributed by atoms with Gasteiger partial charge in [0.15, 0.2) is 17.1 Å². The Labute approximate surface area is 174 Å². The zero-order valence-electron chi connectivity index (χ0n) is 17.0. The molecule has 1 heterocycles. The summed E-state index contributed by atoms with van der Waals surface area (Å²) in [5, 5.41) is 29.3. The highest BCUT2D eigenvalue weighted by Gasteiger charge is 2.28. The van der Waals surface area contributed by atoms with Gasteiger partial charge in [0.05, 0.1) is 0 Å². The van der Waals surface area contributed by atoms with E-state index in [2.05, 4.69) is 5.32 Å². The Hall–Kier alpha value is -3.77. The number of carbonyl (C=O) groups is 1. The summed E-state index contributed by atoms with van der Waals surface area (Å²) in [7, 11) is 0. The van der Waals surface area contributed by atoms with Crippen molar-refractivity contribution in [1.82, 2.24) is 4.90 Å². The lowest BCUT2D eigenvalue weighted by molar-refractivity contribution is 0.0123. The number of nitrogens with zero attached hydrogens (tertiary/aromatic N) is 4. The van der Waals surface area contributed by atoms with E-state index >= 15 is 0 Å². The van der Waals surface area contributed by atoms with Gasteiger partial charge in [-0.05, 0) is 32.9 Å². The average molecular weight is 411 g/mol. The molecule has 1 aliphatic rings. The number of anilines is 1. The standard InChI is InChI=1S/C21H22FN5O3/c1-21(2,3)30-20(28)27-8-6-16(7-9-27)29-19-5-4-15(10-17(19)22)26-18(13-25)14(11-23)12-24/h4-5,10,16,26H,6-9H2,1-3H3. The van der Waals surface area contributed by atoms with Gasteiger partial charge in [0, 0.05) is 37.7 Å². The molecule has 2 rings (SSSR count). The number of nitrogens with one attached hydrogen (secondary N) is 1. The van der Waals surface area contributed by atoms with E-state index in [4.69, 9.17) is 25.3 Å². The van der Waals surface area contributed by atoms with Crippen LogP contribution in [0.3, 0.4) is 0 Å². The molecule has 1 N–H and O–H groups in total. The first-order valence-corrected chi connectivity index (χ1v) is 9.32. The zero-order chi connectivity index (χ0) is 22.3. The molecule has 1 saturated heterocycles. The van der Waals surface area contributed by atoms with E-state index in [1.165, 1.54) is 12.1 Å². The fourth-order valence-electron chi connectivity index (χ4n) is 2.76. The first kappa shape index (κ1) is 22.5. The second kappa shape index (κ2) is 9.62. The maximum atomic E-state index is 14.4. The third kappa shape index (κ3) is 6.12. The van der Waals surface area contributed by atoms with Crippen molar-refractivity contribution in [2.45, 2.75) is 45.3 Å². The number of benzene rings is 1. The summed E-state index contributed by atoms with van der Waals surface area (Å²) in [6.45, 7) is 6.31. The van der Waals surface area contributed by atoms with Gasteiger partial charge < -0.3 is 19.7 Å². The van der Waals surface area contributed by atoms with E-state index in [0.717, 1.165) is 6.07 Å². The second-order valence-corrected chi connectivity index (χ2v) is 7.64. The summed E-state index contributed by atoms with van der Waals surface area (Å²) in [5.74, 6) is -0.609. The molecule has 1 aromatic carbocycles. The number of allylic oxidation sites excluding steroid dienone is 2. The molecular weight excluding hydrogens is 389 g/mol. The number of piperidine rings is 1.